The zero-order valence-electron chi connectivity index (χ0n) is 11.2. The van der Waals surface area contributed by atoms with Crippen molar-refractivity contribution in [1.82, 2.24) is 10.6 Å². The number of methoxy groups -OCH3 is 2. The molecule has 5 nitrogen and oxygen atoms in total. The Morgan fingerprint density at radius 2 is 2.16 bits per heavy atom. The summed E-state index contributed by atoms with van der Waals surface area (Å²) in [4.78, 5) is 4.36. The SMILES string of the molecule is COc1cccc(CNC2=NCCCN2)c1OC.I. The molecule has 0 bridgehead atoms. The van der Waals surface area contributed by atoms with Crippen LogP contribution >= 0.6 is 24.0 Å². The van der Waals surface area contributed by atoms with Crippen molar-refractivity contribution in [3.05, 3.63) is 23.8 Å². The molecule has 0 saturated heterocycles. The van der Waals surface area contributed by atoms with Crippen LogP contribution in [0, 0.1) is 0 Å². The quantitative estimate of drug-likeness (QED) is 0.786. The zero-order chi connectivity index (χ0) is 12.8. The molecule has 1 aromatic rings. The van der Waals surface area contributed by atoms with Crippen LogP contribution in [0.3, 0.4) is 0 Å². The summed E-state index contributed by atoms with van der Waals surface area (Å²) in [5.74, 6) is 2.37. The summed E-state index contributed by atoms with van der Waals surface area (Å²) in [5.41, 5.74) is 1.05. The molecule has 1 heterocycles. The lowest BCUT2D eigenvalue weighted by atomic mass is 10.2. The van der Waals surface area contributed by atoms with Crippen LogP contribution in [-0.2, 0) is 6.54 Å². The highest BCUT2D eigenvalue weighted by atomic mass is 127. The first-order chi connectivity index (χ1) is 8.85. The lowest BCUT2D eigenvalue weighted by molar-refractivity contribution is 0.351. The maximum Gasteiger partial charge on any atom is 0.191 e. The number of aliphatic imine (C=N–C) groups is 1. The van der Waals surface area contributed by atoms with Gasteiger partial charge in [0, 0.05) is 25.2 Å². The highest BCUT2D eigenvalue weighted by molar-refractivity contribution is 14.0. The molecular formula is C13H20IN3O2. The Bertz CT molecular complexity index is 438. The van der Waals surface area contributed by atoms with Crippen LogP contribution < -0.4 is 20.1 Å². The van der Waals surface area contributed by atoms with E-state index in [9.17, 15) is 0 Å². The van der Waals surface area contributed by atoms with Crippen molar-refractivity contribution >= 4 is 29.9 Å². The fourth-order valence-corrected chi connectivity index (χ4v) is 1.92. The summed E-state index contributed by atoms with van der Waals surface area (Å²) in [6.45, 7) is 2.51. The van der Waals surface area contributed by atoms with Gasteiger partial charge in [-0.25, -0.2) is 0 Å². The second-order valence-electron chi connectivity index (χ2n) is 4.02. The normalized spacial score (nSPS) is 13.7. The summed E-state index contributed by atoms with van der Waals surface area (Å²) in [5, 5.41) is 6.49. The highest BCUT2D eigenvalue weighted by Crippen LogP contribution is 2.30. The third-order valence-corrected chi connectivity index (χ3v) is 2.83. The molecule has 6 heteroatoms. The topological polar surface area (TPSA) is 54.9 Å². The van der Waals surface area contributed by atoms with E-state index in [4.69, 9.17) is 9.47 Å². The van der Waals surface area contributed by atoms with Gasteiger partial charge in [0.15, 0.2) is 17.5 Å². The first-order valence-electron chi connectivity index (χ1n) is 6.07. The molecule has 0 aromatic heterocycles. The number of guanidine groups is 1. The number of para-hydroxylation sites is 1. The Balaban J connectivity index is 0.00000180. The van der Waals surface area contributed by atoms with E-state index in [1.54, 1.807) is 14.2 Å². The Kier molecular flexibility index (Phi) is 6.75. The molecule has 2 N–H and O–H groups in total. The Morgan fingerprint density at radius 1 is 1.32 bits per heavy atom. The van der Waals surface area contributed by atoms with Gasteiger partial charge in [-0.2, -0.15) is 0 Å². The van der Waals surface area contributed by atoms with Crippen molar-refractivity contribution in [1.29, 1.82) is 0 Å². The van der Waals surface area contributed by atoms with Gasteiger partial charge in [0.2, 0.25) is 0 Å². The van der Waals surface area contributed by atoms with Crippen LogP contribution in [0.4, 0.5) is 0 Å². The molecule has 0 radical (unpaired) electrons. The van der Waals surface area contributed by atoms with Crippen molar-refractivity contribution in [2.45, 2.75) is 13.0 Å². The largest absolute Gasteiger partial charge is 0.493 e. The molecule has 0 aliphatic carbocycles. The minimum atomic E-state index is 0. The summed E-state index contributed by atoms with van der Waals surface area (Å²) >= 11 is 0. The van der Waals surface area contributed by atoms with Crippen molar-refractivity contribution in [3.8, 4) is 11.5 Å². The first-order valence-corrected chi connectivity index (χ1v) is 6.07. The van der Waals surface area contributed by atoms with Gasteiger partial charge in [-0.3, -0.25) is 4.99 Å². The van der Waals surface area contributed by atoms with Crippen molar-refractivity contribution in [2.75, 3.05) is 27.3 Å². The van der Waals surface area contributed by atoms with Crippen molar-refractivity contribution in [3.63, 3.8) is 0 Å². The van der Waals surface area contributed by atoms with Crippen LogP contribution in [0.25, 0.3) is 0 Å². The summed E-state index contributed by atoms with van der Waals surface area (Å²) in [6.07, 6.45) is 1.09. The Morgan fingerprint density at radius 3 is 2.79 bits per heavy atom. The van der Waals surface area contributed by atoms with Crippen LogP contribution in [0.1, 0.15) is 12.0 Å². The summed E-state index contributed by atoms with van der Waals surface area (Å²) in [6, 6.07) is 5.85. The maximum atomic E-state index is 5.38. The minimum absolute atomic E-state index is 0. The predicted molar refractivity (Wildman–Crippen MR) is 86.7 cm³/mol. The van der Waals surface area contributed by atoms with E-state index in [-0.39, 0.29) is 24.0 Å². The lowest BCUT2D eigenvalue weighted by Crippen LogP contribution is -2.40. The molecule has 0 saturated carbocycles. The van der Waals surface area contributed by atoms with Gasteiger partial charge in [0.1, 0.15) is 0 Å². The van der Waals surface area contributed by atoms with E-state index < -0.39 is 0 Å². The molecule has 0 unspecified atom stereocenters. The number of nitrogens with zero attached hydrogens (tertiary/aromatic N) is 1. The molecule has 19 heavy (non-hydrogen) atoms. The van der Waals surface area contributed by atoms with Crippen molar-refractivity contribution in [2.24, 2.45) is 4.99 Å². The van der Waals surface area contributed by atoms with Gasteiger partial charge in [-0.05, 0) is 12.5 Å². The Hall–Kier alpha value is -1.18. The zero-order valence-corrected chi connectivity index (χ0v) is 13.6. The molecule has 1 aliphatic heterocycles. The predicted octanol–water partition coefficient (Wildman–Crippen LogP) is 1.76. The van der Waals surface area contributed by atoms with E-state index in [0.717, 1.165) is 42.5 Å². The average Bonchev–Trinajstić information content (AvgIpc) is 2.45. The number of nitrogens with one attached hydrogen (secondary N) is 2. The summed E-state index contributed by atoms with van der Waals surface area (Å²) in [7, 11) is 3.29. The van der Waals surface area contributed by atoms with E-state index >= 15 is 0 Å². The standard InChI is InChI=1S/C13H19N3O2.HI/c1-17-11-6-3-5-10(12(11)18-2)9-16-13-14-7-4-8-15-13;/h3,5-6H,4,7-9H2,1-2H3,(H2,14,15,16);1H. The highest BCUT2D eigenvalue weighted by Gasteiger charge is 2.10. The van der Waals surface area contributed by atoms with E-state index in [0.29, 0.717) is 6.54 Å². The van der Waals surface area contributed by atoms with Crippen LogP contribution in [0.5, 0.6) is 11.5 Å². The number of halogens is 1. The monoisotopic (exact) mass is 377 g/mol. The number of benzene rings is 1. The molecule has 0 spiro atoms. The summed E-state index contributed by atoms with van der Waals surface area (Å²) < 4.78 is 10.7. The maximum absolute atomic E-state index is 5.38. The van der Waals surface area contributed by atoms with E-state index in [1.165, 1.54) is 0 Å². The average molecular weight is 377 g/mol. The van der Waals surface area contributed by atoms with Gasteiger partial charge in [0.05, 0.1) is 14.2 Å². The molecule has 0 atom stereocenters. The lowest BCUT2D eigenvalue weighted by Gasteiger charge is -2.17. The molecule has 0 amide bonds. The third-order valence-electron chi connectivity index (χ3n) is 2.83. The second-order valence-corrected chi connectivity index (χ2v) is 4.02. The number of hydrogen-bond acceptors (Lipinski definition) is 5. The molecular weight excluding hydrogens is 357 g/mol. The molecule has 1 aromatic carbocycles. The molecule has 1 aliphatic rings. The fourth-order valence-electron chi connectivity index (χ4n) is 1.92. The van der Waals surface area contributed by atoms with Crippen LogP contribution in [0.15, 0.2) is 23.2 Å². The van der Waals surface area contributed by atoms with Gasteiger partial charge in [0.25, 0.3) is 0 Å². The first kappa shape index (κ1) is 15.9. The Labute approximate surface area is 130 Å². The fraction of sp³-hybridized carbons (Fsp3) is 0.462. The minimum Gasteiger partial charge on any atom is -0.493 e. The number of ether oxygens (including phenoxy) is 2. The van der Waals surface area contributed by atoms with Gasteiger partial charge in [-0.1, -0.05) is 12.1 Å². The molecule has 0 fully saturated rings. The van der Waals surface area contributed by atoms with Gasteiger partial charge in [-0.15, -0.1) is 24.0 Å². The van der Waals surface area contributed by atoms with Crippen LogP contribution in [-0.4, -0.2) is 33.3 Å². The second kappa shape index (κ2) is 8.08. The number of rotatable bonds is 4. The van der Waals surface area contributed by atoms with Crippen LogP contribution in [0.2, 0.25) is 0 Å². The van der Waals surface area contributed by atoms with Gasteiger partial charge >= 0.3 is 0 Å². The third kappa shape index (κ3) is 4.15. The van der Waals surface area contributed by atoms with E-state index in [2.05, 4.69) is 15.6 Å². The van der Waals surface area contributed by atoms with Gasteiger partial charge < -0.3 is 20.1 Å². The molecule has 106 valence electrons. The van der Waals surface area contributed by atoms with Crippen molar-refractivity contribution < 1.29 is 9.47 Å². The molecule has 2 rings (SSSR count). The van der Waals surface area contributed by atoms with E-state index in [1.807, 2.05) is 18.2 Å². The smallest absolute Gasteiger partial charge is 0.191 e. The number of hydrogen-bond donors (Lipinski definition) is 2.